The van der Waals surface area contributed by atoms with Crippen molar-refractivity contribution in [3.63, 3.8) is 0 Å². The van der Waals surface area contributed by atoms with Crippen molar-refractivity contribution in [1.29, 1.82) is 5.41 Å². The minimum atomic E-state index is -0.912. The second-order valence-corrected chi connectivity index (χ2v) is 6.57. The first-order chi connectivity index (χ1) is 13.6. The summed E-state index contributed by atoms with van der Waals surface area (Å²) in [5.74, 6) is -0.182. The Morgan fingerprint density at radius 2 is 1.18 bits per heavy atom. The molecule has 0 radical (unpaired) electrons. The zero-order valence-corrected chi connectivity index (χ0v) is 15.2. The van der Waals surface area contributed by atoms with Crippen molar-refractivity contribution in [2.24, 2.45) is 5.73 Å². The van der Waals surface area contributed by atoms with Gasteiger partial charge in [-0.05, 0) is 16.7 Å². The molecule has 4 rings (SSSR count). The molecule has 28 heavy (non-hydrogen) atoms. The molecule has 5 nitrogen and oxygen atoms in total. The molecular weight excluding hydrogens is 348 g/mol. The highest BCUT2D eigenvalue weighted by Crippen LogP contribution is 2.39. The maximum atomic E-state index is 13.1. The van der Waals surface area contributed by atoms with Crippen LogP contribution in [-0.2, 0) is 5.54 Å². The van der Waals surface area contributed by atoms with E-state index >= 15 is 0 Å². The average Bonchev–Trinajstić information content (AvgIpc) is 3.14. The van der Waals surface area contributed by atoms with Crippen LogP contribution in [0.25, 0.3) is 0 Å². The van der Waals surface area contributed by atoms with Crippen molar-refractivity contribution in [1.82, 2.24) is 9.55 Å². The van der Waals surface area contributed by atoms with Crippen LogP contribution in [0.5, 0.6) is 0 Å². The molecular formula is C23H20N4O. The third-order valence-electron chi connectivity index (χ3n) is 4.94. The zero-order chi connectivity index (χ0) is 19.6. The Morgan fingerprint density at radius 3 is 1.50 bits per heavy atom. The summed E-state index contributed by atoms with van der Waals surface area (Å²) in [6, 6.07) is 29.6. The Hall–Kier alpha value is -3.86. The number of aromatic amines is 1. The van der Waals surface area contributed by atoms with Crippen molar-refractivity contribution in [3.05, 3.63) is 130 Å². The van der Waals surface area contributed by atoms with Gasteiger partial charge < -0.3 is 10.7 Å². The molecule has 5 heteroatoms. The Kier molecular flexibility index (Phi) is 4.41. The number of benzene rings is 3. The van der Waals surface area contributed by atoms with Gasteiger partial charge >= 0.3 is 5.69 Å². The van der Waals surface area contributed by atoms with Gasteiger partial charge in [0.2, 0.25) is 0 Å². The molecule has 138 valence electrons. The summed E-state index contributed by atoms with van der Waals surface area (Å²) in [7, 11) is 0. The highest BCUT2D eigenvalue weighted by Gasteiger charge is 2.39. The molecule has 0 aliphatic heterocycles. The number of imidazole rings is 1. The Bertz CT molecular complexity index is 1050. The van der Waals surface area contributed by atoms with Crippen molar-refractivity contribution in [3.8, 4) is 0 Å². The van der Waals surface area contributed by atoms with Crippen LogP contribution in [0.4, 0.5) is 0 Å². The van der Waals surface area contributed by atoms with E-state index in [4.69, 9.17) is 11.1 Å². The summed E-state index contributed by atoms with van der Waals surface area (Å²) in [5.41, 5.74) is 7.50. The van der Waals surface area contributed by atoms with Gasteiger partial charge in [0.05, 0.1) is 0 Å². The van der Waals surface area contributed by atoms with E-state index < -0.39 is 5.54 Å². The number of aromatic nitrogens is 2. The molecule has 1 aromatic heterocycles. The van der Waals surface area contributed by atoms with Crippen LogP contribution in [-0.4, -0.2) is 15.4 Å². The van der Waals surface area contributed by atoms with Crippen LogP contribution in [0.15, 0.2) is 102 Å². The number of hydrogen-bond donors (Lipinski definition) is 3. The number of hydrogen-bond acceptors (Lipinski definition) is 2. The molecule has 4 N–H and O–H groups in total. The number of nitrogen functional groups attached to an aromatic ring is 1. The average molecular weight is 368 g/mol. The summed E-state index contributed by atoms with van der Waals surface area (Å²) in [6.45, 7) is 0. The number of nitrogens with one attached hydrogen (secondary N) is 2. The topological polar surface area (TPSA) is 87.7 Å². The highest BCUT2D eigenvalue weighted by molar-refractivity contribution is 5.92. The van der Waals surface area contributed by atoms with Crippen molar-refractivity contribution in [2.75, 3.05) is 0 Å². The Balaban J connectivity index is 2.17. The molecule has 4 aromatic rings. The van der Waals surface area contributed by atoms with E-state index in [1.54, 1.807) is 10.8 Å². The smallest absolute Gasteiger partial charge is 0.327 e. The molecule has 0 saturated heterocycles. The Labute approximate surface area is 162 Å². The quantitative estimate of drug-likeness (QED) is 0.287. The molecule has 0 unspecified atom stereocenters. The van der Waals surface area contributed by atoms with Gasteiger partial charge in [-0.2, -0.15) is 0 Å². The second-order valence-electron chi connectivity index (χ2n) is 6.57. The maximum Gasteiger partial charge on any atom is 0.327 e. The van der Waals surface area contributed by atoms with Crippen LogP contribution < -0.4 is 11.4 Å². The van der Waals surface area contributed by atoms with Gasteiger partial charge in [-0.15, -0.1) is 0 Å². The lowest BCUT2D eigenvalue weighted by molar-refractivity contribution is 0.499. The fourth-order valence-corrected chi connectivity index (χ4v) is 3.74. The van der Waals surface area contributed by atoms with Crippen LogP contribution >= 0.6 is 0 Å². The van der Waals surface area contributed by atoms with Crippen LogP contribution in [0.1, 0.15) is 22.4 Å². The van der Waals surface area contributed by atoms with E-state index in [9.17, 15) is 4.79 Å². The first kappa shape index (κ1) is 17.5. The van der Waals surface area contributed by atoms with Gasteiger partial charge in [0, 0.05) is 6.20 Å². The number of rotatable bonds is 5. The van der Waals surface area contributed by atoms with Gasteiger partial charge in [-0.1, -0.05) is 91.0 Å². The van der Waals surface area contributed by atoms with Gasteiger partial charge in [0.25, 0.3) is 0 Å². The minimum absolute atomic E-state index is 0.182. The van der Waals surface area contributed by atoms with E-state index in [-0.39, 0.29) is 17.2 Å². The molecule has 1 heterocycles. The van der Waals surface area contributed by atoms with Crippen LogP contribution in [0, 0.1) is 5.41 Å². The highest BCUT2D eigenvalue weighted by atomic mass is 16.1. The molecule has 0 amide bonds. The SMILES string of the molecule is N=C(N)c1cn(C(c2ccccc2)(c2ccccc2)c2ccccc2)c(=O)[nH]1. The summed E-state index contributed by atoms with van der Waals surface area (Å²) in [6.07, 6.45) is 1.62. The number of amidine groups is 1. The van der Waals surface area contributed by atoms with Gasteiger partial charge in [-0.3, -0.25) is 9.98 Å². The monoisotopic (exact) mass is 368 g/mol. The summed E-state index contributed by atoms with van der Waals surface area (Å²) < 4.78 is 1.63. The van der Waals surface area contributed by atoms with Crippen molar-refractivity contribution < 1.29 is 0 Å². The normalized spacial score (nSPS) is 11.3. The lowest BCUT2D eigenvalue weighted by Gasteiger charge is -2.36. The van der Waals surface area contributed by atoms with E-state index in [1.165, 1.54) is 0 Å². The first-order valence-electron chi connectivity index (χ1n) is 8.97. The maximum absolute atomic E-state index is 13.1. The van der Waals surface area contributed by atoms with Gasteiger partial charge in [0.1, 0.15) is 17.1 Å². The second kappa shape index (κ2) is 7.04. The van der Waals surface area contributed by atoms with E-state index in [0.717, 1.165) is 16.7 Å². The number of nitrogens with zero attached hydrogens (tertiary/aromatic N) is 1. The lowest BCUT2D eigenvalue weighted by atomic mass is 9.76. The summed E-state index contributed by atoms with van der Waals surface area (Å²) in [4.78, 5) is 15.8. The fraction of sp³-hybridized carbons (Fsp3) is 0.0435. The summed E-state index contributed by atoms with van der Waals surface area (Å²) in [5, 5.41) is 7.76. The third kappa shape index (κ3) is 2.74. The van der Waals surface area contributed by atoms with E-state index in [0.29, 0.717) is 0 Å². The molecule has 0 fully saturated rings. The minimum Gasteiger partial charge on any atom is -0.382 e. The Morgan fingerprint density at radius 1 is 0.786 bits per heavy atom. The van der Waals surface area contributed by atoms with Gasteiger partial charge in [-0.25, -0.2) is 4.79 Å². The molecule has 0 atom stereocenters. The van der Waals surface area contributed by atoms with Crippen LogP contribution in [0.3, 0.4) is 0 Å². The predicted molar refractivity (Wildman–Crippen MR) is 111 cm³/mol. The summed E-state index contributed by atoms with van der Waals surface area (Å²) >= 11 is 0. The van der Waals surface area contributed by atoms with Crippen LogP contribution in [0.2, 0.25) is 0 Å². The zero-order valence-electron chi connectivity index (χ0n) is 15.2. The standard InChI is InChI=1S/C23H20N4O/c24-21(25)20-16-27(22(28)26-20)23(17-10-4-1-5-11-17,18-12-6-2-7-13-18)19-14-8-3-9-15-19/h1-16H,(H3,24,25)(H,26,28). The number of nitrogens with two attached hydrogens (primary N) is 1. The largest absolute Gasteiger partial charge is 0.382 e. The first-order valence-corrected chi connectivity index (χ1v) is 8.97. The molecule has 0 aliphatic carbocycles. The van der Waals surface area contributed by atoms with E-state index in [1.807, 2.05) is 91.0 Å². The predicted octanol–water partition coefficient (Wildman–Crippen LogP) is 3.30. The van der Waals surface area contributed by atoms with Crippen molar-refractivity contribution in [2.45, 2.75) is 5.54 Å². The molecule has 3 aromatic carbocycles. The number of H-pyrrole nitrogens is 1. The van der Waals surface area contributed by atoms with Crippen molar-refractivity contribution >= 4 is 5.84 Å². The van der Waals surface area contributed by atoms with Gasteiger partial charge in [0.15, 0.2) is 0 Å². The third-order valence-corrected chi connectivity index (χ3v) is 4.94. The lowest BCUT2D eigenvalue weighted by Crippen LogP contribution is -2.42. The molecule has 0 saturated carbocycles. The van der Waals surface area contributed by atoms with E-state index in [2.05, 4.69) is 4.98 Å². The fourth-order valence-electron chi connectivity index (χ4n) is 3.74. The molecule has 0 spiro atoms. The molecule has 0 bridgehead atoms. The molecule has 0 aliphatic rings.